The van der Waals surface area contributed by atoms with E-state index in [1.807, 2.05) is 30.3 Å². The largest absolute Gasteiger partial charge is 0.387 e. The van der Waals surface area contributed by atoms with Crippen LogP contribution in [0.15, 0.2) is 54.6 Å². The number of aliphatic hydroxyl groups is 2. The second-order valence-electron chi connectivity index (χ2n) is 7.34. The van der Waals surface area contributed by atoms with Crippen LogP contribution < -0.4 is 4.90 Å². The van der Waals surface area contributed by atoms with Crippen LogP contribution in [0.25, 0.3) is 0 Å². The number of benzene rings is 2. The number of quaternary nitrogens is 1. The van der Waals surface area contributed by atoms with Crippen molar-refractivity contribution in [2.24, 2.45) is 0 Å². The lowest BCUT2D eigenvalue weighted by molar-refractivity contribution is -0.911. The summed E-state index contributed by atoms with van der Waals surface area (Å²) < 4.78 is 6.20. The number of hydrogen-bond acceptors (Lipinski definition) is 3. The fraction of sp³-hybridized carbons (Fsp3) is 0.455. The van der Waals surface area contributed by atoms with Crippen molar-refractivity contribution < 1.29 is 19.8 Å². The van der Waals surface area contributed by atoms with Gasteiger partial charge in [-0.1, -0.05) is 54.6 Å². The van der Waals surface area contributed by atoms with Gasteiger partial charge in [0.05, 0.1) is 13.2 Å². The average Bonchev–Trinajstić information content (AvgIpc) is 2.64. The van der Waals surface area contributed by atoms with Gasteiger partial charge in [0.25, 0.3) is 0 Å². The van der Waals surface area contributed by atoms with Crippen molar-refractivity contribution in [1.82, 2.24) is 0 Å². The van der Waals surface area contributed by atoms with E-state index < -0.39 is 6.10 Å². The molecular weight excluding hydrogens is 326 g/mol. The Balaban J connectivity index is 1.65. The zero-order valence-electron chi connectivity index (χ0n) is 15.5. The van der Waals surface area contributed by atoms with Gasteiger partial charge in [-0.3, -0.25) is 0 Å². The summed E-state index contributed by atoms with van der Waals surface area (Å²) in [6, 6.07) is 18.4. The highest BCUT2D eigenvalue weighted by Gasteiger charge is 2.25. The van der Waals surface area contributed by atoms with Crippen molar-refractivity contribution >= 4 is 0 Å². The van der Waals surface area contributed by atoms with Gasteiger partial charge in [0.2, 0.25) is 0 Å². The predicted molar refractivity (Wildman–Crippen MR) is 102 cm³/mol. The summed E-state index contributed by atoms with van der Waals surface area (Å²) in [5.74, 6) is 0. The molecule has 4 nitrogen and oxygen atoms in total. The minimum absolute atomic E-state index is 0.186. The third-order valence-electron chi connectivity index (χ3n) is 5.14. The fourth-order valence-corrected chi connectivity index (χ4v) is 3.78. The van der Waals surface area contributed by atoms with Crippen LogP contribution in [0.5, 0.6) is 0 Å². The van der Waals surface area contributed by atoms with E-state index in [1.54, 1.807) is 0 Å². The lowest BCUT2D eigenvalue weighted by Gasteiger charge is -2.29. The highest BCUT2D eigenvalue weighted by Crippen LogP contribution is 2.28. The molecule has 1 heterocycles. The third-order valence-corrected chi connectivity index (χ3v) is 5.14. The molecule has 1 aliphatic rings. The van der Waals surface area contributed by atoms with Gasteiger partial charge in [-0.05, 0) is 36.5 Å². The van der Waals surface area contributed by atoms with Crippen molar-refractivity contribution in [3.63, 3.8) is 0 Å². The Morgan fingerprint density at radius 3 is 2.58 bits per heavy atom. The molecule has 3 rings (SSSR count). The monoisotopic (exact) mass is 356 g/mol. The van der Waals surface area contributed by atoms with Gasteiger partial charge in [0.1, 0.15) is 31.4 Å². The number of hydrogen-bond donors (Lipinski definition) is 3. The van der Waals surface area contributed by atoms with Crippen molar-refractivity contribution in [3.8, 4) is 0 Å². The van der Waals surface area contributed by atoms with Gasteiger partial charge in [-0.2, -0.15) is 0 Å². The van der Waals surface area contributed by atoms with Crippen LogP contribution in [0, 0.1) is 6.92 Å². The van der Waals surface area contributed by atoms with E-state index in [0.717, 1.165) is 37.1 Å². The van der Waals surface area contributed by atoms with Gasteiger partial charge >= 0.3 is 0 Å². The van der Waals surface area contributed by atoms with Crippen LogP contribution in [0.3, 0.4) is 0 Å². The zero-order valence-corrected chi connectivity index (χ0v) is 15.5. The molecule has 2 aromatic rings. The summed E-state index contributed by atoms with van der Waals surface area (Å²) in [5, 5.41) is 20.3. The topological polar surface area (TPSA) is 54.1 Å². The van der Waals surface area contributed by atoms with Gasteiger partial charge in [-0.15, -0.1) is 0 Å². The molecule has 0 bridgehead atoms. The third kappa shape index (κ3) is 5.15. The van der Waals surface area contributed by atoms with E-state index in [9.17, 15) is 10.2 Å². The molecule has 0 saturated carbocycles. The molecule has 0 amide bonds. The normalized spacial score (nSPS) is 22.7. The molecule has 0 spiro atoms. The molecule has 1 saturated heterocycles. The van der Waals surface area contributed by atoms with Crippen molar-refractivity contribution in [2.45, 2.75) is 38.1 Å². The maximum absolute atomic E-state index is 10.5. The van der Waals surface area contributed by atoms with E-state index >= 15 is 0 Å². The number of likely N-dealkylation sites (tertiary alicyclic amines) is 1. The van der Waals surface area contributed by atoms with E-state index in [4.69, 9.17) is 4.74 Å². The Morgan fingerprint density at radius 2 is 1.85 bits per heavy atom. The molecule has 4 heteroatoms. The molecular formula is C22H30NO3+. The molecule has 0 radical (unpaired) electrons. The number of nitrogens with one attached hydrogen (secondary N) is 1. The molecule has 4 atom stereocenters. The first kappa shape index (κ1) is 19.1. The van der Waals surface area contributed by atoms with Crippen molar-refractivity contribution in [2.75, 3.05) is 26.2 Å². The summed E-state index contributed by atoms with van der Waals surface area (Å²) in [4.78, 5) is 1.26. The highest BCUT2D eigenvalue weighted by atomic mass is 16.5. The first-order chi connectivity index (χ1) is 12.6. The molecule has 1 unspecified atom stereocenters. The molecule has 1 fully saturated rings. The summed E-state index contributed by atoms with van der Waals surface area (Å²) in [6.07, 6.45) is 0.926. The standard InChI is InChI=1S/C22H29NO3/c1-17-8-5-6-12-21(17)22(18-9-3-2-4-10-18)26-16-20(25)15-23-13-7-11-19(24)14-23/h2-6,8-10,12,19-20,22,24-25H,7,11,13-16H2,1H3/p+1/t19-,20-,22-/m0/s1. The van der Waals surface area contributed by atoms with Crippen molar-refractivity contribution in [1.29, 1.82) is 0 Å². The molecule has 26 heavy (non-hydrogen) atoms. The zero-order chi connectivity index (χ0) is 18.4. The van der Waals surface area contributed by atoms with Gasteiger partial charge in [0, 0.05) is 0 Å². The minimum Gasteiger partial charge on any atom is -0.387 e. The molecule has 2 aromatic carbocycles. The second-order valence-corrected chi connectivity index (χ2v) is 7.34. The van der Waals surface area contributed by atoms with Crippen LogP contribution in [-0.2, 0) is 4.74 Å². The van der Waals surface area contributed by atoms with Gasteiger partial charge in [-0.25, -0.2) is 0 Å². The second kappa shape index (κ2) is 9.28. The summed E-state index contributed by atoms with van der Waals surface area (Å²) in [6.45, 7) is 4.72. The van der Waals surface area contributed by atoms with E-state index in [0.29, 0.717) is 6.54 Å². The van der Waals surface area contributed by atoms with E-state index in [-0.39, 0.29) is 18.8 Å². The number of rotatable bonds is 7. The van der Waals surface area contributed by atoms with Gasteiger partial charge < -0.3 is 19.8 Å². The Bertz CT molecular complexity index is 676. The van der Waals surface area contributed by atoms with Crippen LogP contribution in [0.4, 0.5) is 0 Å². The molecule has 0 aliphatic carbocycles. The van der Waals surface area contributed by atoms with Crippen LogP contribution in [0.2, 0.25) is 0 Å². The first-order valence-electron chi connectivity index (χ1n) is 9.55. The smallest absolute Gasteiger partial charge is 0.126 e. The number of aliphatic hydroxyl groups excluding tert-OH is 2. The van der Waals surface area contributed by atoms with Crippen molar-refractivity contribution in [3.05, 3.63) is 71.3 Å². The Labute approximate surface area is 156 Å². The Kier molecular flexibility index (Phi) is 6.80. The SMILES string of the molecule is Cc1ccccc1[C@@H](OC[C@@H](O)C[NH+]1CCC[C@H](O)C1)c1ccccc1. The van der Waals surface area contributed by atoms with E-state index in [2.05, 4.69) is 31.2 Å². The first-order valence-corrected chi connectivity index (χ1v) is 9.55. The maximum Gasteiger partial charge on any atom is 0.126 e. The maximum atomic E-state index is 10.5. The average molecular weight is 356 g/mol. The van der Waals surface area contributed by atoms with Crippen LogP contribution in [0.1, 0.15) is 35.6 Å². The molecule has 3 N–H and O–H groups in total. The lowest BCUT2D eigenvalue weighted by atomic mass is 9.97. The predicted octanol–water partition coefficient (Wildman–Crippen LogP) is 1.50. The molecule has 0 aromatic heterocycles. The molecule has 140 valence electrons. The quantitative estimate of drug-likeness (QED) is 0.705. The fourth-order valence-electron chi connectivity index (χ4n) is 3.78. The summed E-state index contributed by atoms with van der Waals surface area (Å²) in [5.41, 5.74) is 3.40. The summed E-state index contributed by atoms with van der Waals surface area (Å²) >= 11 is 0. The Hall–Kier alpha value is -1.72. The number of piperidine rings is 1. The number of ether oxygens (including phenoxy) is 1. The van der Waals surface area contributed by atoms with E-state index in [1.165, 1.54) is 10.5 Å². The molecule has 1 aliphatic heterocycles. The van der Waals surface area contributed by atoms with Crippen LogP contribution in [-0.4, -0.2) is 48.7 Å². The number of aryl methyl sites for hydroxylation is 1. The lowest BCUT2D eigenvalue weighted by Crippen LogP contribution is -3.15. The van der Waals surface area contributed by atoms with Gasteiger partial charge in [0.15, 0.2) is 0 Å². The highest BCUT2D eigenvalue weighted by molar-refractivity contribution is 5.35. The Morgan fingerprint density at radius 1 is 1.12 bits per heavy atom. The summed E-state index contributed by atoms with van der Waals surface area (Å²) in [7, 11) is 0. The van der Waals surface area contributed by atoms with Crippen LogP contribution >= 0.6 is 0 Å². The minimum atomic E-state index is -0.537.